The van der Waals surface area contributed by atoms with Crippen molar-refractivity contribution in [3.63, 3.8) is 0 Å². The van der Waals surface area contributed by atoms with Crippen molar-refractivity contribution in [3.8, 4) is 11.5 Å². The highest BCUT2D eigenvalue weighted by Crippen LogP contribution is 2.39. The highest BCUT2D eigenvalue weighted by atomic mass is 32.2. The highest BCUT2D eigenvalue weighted by molar-refractivity contribution is 7.99. The van der Waals surface area contributed by atoms with E-state index in [9.17, 15) is 4.79 Å². The van der Waals surface area contributed by atoms with Crippen molar-refractivity contribution in [2.75, 3.05) is 19.1 Å². The normalized spacial score (nSPS) is 19.2. The summed E-state index contributed by atoms with van der Waals surface area (Å²) in [4.78, 5) is 12.5. The number of hydrogen-bond donors (Lipinski definition) is 2. The number of hydrogen-bond acceptors (Lipinski definition) is 5. The van der Waals surface area contributed by atoms with E-state index in [0.717, 1.165) is 35.8 Å². The van der Waals surface area contributed by atoms with Crippen molar-refractivity contribution in [2.45, 2.75) is 108 Å². The molecule has 2 aliphatic heterocycles. The average Bonchev–Trinajstić information content (AvgIpc) is 3.51. The number of benzene rings is 1. The van der Waals surface area contributed by atoms with Crippen molar-refractivity contribution >= 4 is 17.7 Å². The number of thioether (sulfide) groups is 1. The number of rotatable bonds is 17. The topological polar surface area (TPSA) is 59.6 Å². The van der Waals surface area contributed by atoms with Crippen LogP contribution < -0.4 is 20.1 Å². The molecule has 5 nitrogen and oxygen atoms in total. The van der Waals surface area contributed by atoms with Crippen LogP contribution in [0.4, 0.5) is 0 Å². The Bertz CT molecular complexity index is 700. The minimum atomic E-state index is -0.128. The predicted molar refractivity (Wildman–Crippen MR) is 138 cm³/mol. The van der Waals surface area contributed by atoms with Gasteiger partial charge in [-0.1, -0.05) is 96.5 Å². The molecule has 0 spiro atoms. The van der Waals surface area contributed by atoms with Crippen LogP contribution in [0.5, 0.6) is 11.5 Å². The molecule has 2 aliphatic rings. The van der Waals surface area contributed by atoms with Crippen LogP contribution in [-0.4, -0.2) is 31.0 Å². The molecule has 0 bridgehead atoms. The lowest BCUT2D eigenvalue weighted by atomic mass is 10.0. The molecule has 1 saturated heterocycles. The Morgan fingerprint density at radius 2 is 1.52 bits per heavy atom. The summed E-state index contributed by atoms with van der Waals surface area (Å²) in [5, 5.41) is 6.70. The summed E-state index contributed by atoms with van der Waals surface area (Å²) >= 11 is 1.77. The Morgan fingerprint density at radius 3 is 2.18 bits per heavy atom. The van der Waals surface area contributed by atoms with E-state index in [1.165, 1.54) is 83.5 Å². The van der Waals surface area contributed by atoms with Gasteiger partial charge in [0.2, 0.25) is 12.7 Å². The largest absolute Gasteiger partial charge is 0.454 e. The molecule has 2 atom stereocenters. The lowest BCUT2D eigenvalue weighted by Crippen LogP contribution is -2.42. The lowest BCUT2D eigenvalue weighted by Gasteiger charge is -2.14. The molecule has 3 rings (SSSR count). The third-order valence-corrected chi connectivity index (χ3v) is 7.89. The Balaban J connectivity index is 1.14. The summed E-state index contributed by atoms with van der Waals surface area (Å²) in [6.45, 7) is 3.35. The van der Waals surface area contributed by atoms with Gasteiger partial charge in [0, 0.05) is 12.3 Å². The minimum absolute atomic E-state index is 0.122. The summed E-state index contributed by atoms with van der Waals surface area (Å²) in [5.74, 6) is 2.51. The first kappa shape index (κ1) is 26.2. The number of carbonyl (C=O) groups is 1. The van der Waals surface area contributed by atoms with Crippen molar-refractivity contribution in [2.24, 2.45) is 0 Å². The number of amides is 1. The van der Waals surface area contributed by atoms with Crippen molar-refractivity contribution in [3.05, 3.63) is 23.8 Å². The first-order valence-corrected chi connectivity index (χ1v) is 14.4. The van der Waals surface area contributed by atoms with E-state index in [2.05, 4.69) is 17.6 Å². The fourth-order valence-electron chi connectivity index (χ4n) is 4.55. The van der Waals surface area contributed by atoms with E-state index in [1.54, 1.807) is 11.8 Å². The molecule has 2 N–H and O–H groups in total. The number of fused-ring (bicyclic) bond motifs is 1. The molecule has 1 unspecified atom stereocenters. The maximum absolute atomic E-state index is 12.5. The number of unbranched alkanes of at least 4 members (excludes halogenated alkanes) is 13. The minimum Gasteiger partial charge on any atom is -0.454 e. The molecular weight excluding hydrogens is 432 g/mol. The Kier molecular flexibility index (Phi) is 12.3. The van der Waals surface area contributed by atoms with Crippen LogP contribution in [0.25, 0.3) is 0 Å². The van der Waals surface area contributed by atoms with Gasteiger partial charge in [-0.15, -0.1) is 11.8 Å². The SMILES string of the molecule is CCCCCCCCCCCCCCCCNC(=O)[C@@H]1CSC(c2ccc3c(c2)OCO3)N1. The van der Waals surface area contributed by atoms with Crippen molar-refractivity contribution in [1.29, 1.82) is 0 Å². The Hall–Kier alpha value is -1.40. The second kappa shape index (κ2) is 15.5. The van der Waals surface area contributed by atoms with Gasteiger partial charge in [-0.2, -0.15) is 0 Å². The summed E-state index contributed by atoms with van der Waals surface area (Å²) in [6.07, 6.45) is 19.0. The molecule has 1 aromatic rings. The second-order valence-corrected chi connectivity index (χ2v) is 10.6. The van der Waals surface area contributed by atoms with Gasteiger partial charge < -0.3 is 14.8 Å². The van der Waals surface area contributed by atoms with Crippen LogP contribution in [0.2, 0.25) is 0 Å². The molecule has 186 valence electrons. The van der Waals surface area contributed by atoms with Gasteiger partial charge in [-0.3, -0.25) is 10.1 Å². The number of ether oxygens (including phenoxy) is 2. The molecular formula is C27H44N2O3S. The second-order valence-electron chi connectivity index (χ2n) is 9.43. The van der Waals surface area contributed by atoms with E-state index < -0.39 is 0 Å². The third-order valence-electron chi connectivity index (χ3n) is 6.63. The summed E-state index contributed by atoms with van der Waals surface area (Å²) in [6, 6.07) is 5.88. The van der Waals surface area contributed by atoms with Gasteiger partial charge in [0.15, 0.2) is 11.5 Å². The van der Waals surface area contributed by atoms with E-state index in [4.69, 9.17) is 9.47 Å². The zero-order valence-electron chi connectivity index (χ0n) is 20.5. The summed E-state index contributed by atoms with van der Waals surface area (Å²) < 4.78 is 10.9. The van der Waals surface area contributed by atoms with E-state index in [0.29, 0.717) is 0 Å². The van der Waals surface area contributed by atoms with Gasteiger partial charge in [-0.05, 0) is 24.1 Å². The quantitative estimate of drug-likeness (QED) is 0.245. The monoisotopic (exact) mass is 476 g/mol. The maximum atomic E-state index is 12.5. The molecule has 0 aromatic heterocycles. The standard InChI is InChI=1S/C27H44N2O3S/c1-2-3-4-5-6-7-8-9-10-11-12-13-14-15-18-28-26(30)23-20-33-27(29-23)22-16-17-24-25(19-22)32-21-31-24/h16-17,19,23,27,29H,2-15,18,20-21H2,1H3,(H,28,30)/t23-,27?/m0/s1. The maximum Gasteiger partial charge on any atom is 0.238 e. The van der Waals surface area contributed by atoms with Gasteiger partial charge in [0.05, 0.1) is 11.4 Å². The summed E-state index contributed by atoms with van der Waals surface area (Å²) in [7, 11) is 0. The average molecular weight is 477 g/mol. The van der Waals surface area contributed by atoms with Crippen LogP contribution in [0.1, 0.15) is 108 Å². The van der Waals surface area contributed by atoms with Crippen molar-refractivity contribution < 1.29 is 14.3 Å². The Labute approximate surface area is 205 Å². The third kappa shape index (κ3) is 9.40. The molecule has 6 heteroatoms. The Morgan fingerprint density at radius 1 is 0.909 bits per heavy atom. The van der Waals surface area contributed by atoms with Crippen molar-refractivity contribution in [1.82, 2.24) is 10.6 Å². The van der Waals surface area contributed by atoms with Crippen LogP contribution in [0, 0.1) is 0 Å². The van der Waals surface area contributed by atoms with Crippen LogP contribution in [0.15, 0.2) is 18.2 Å². The van der Waals surface area contributed by atoms with E-state index in [-0.39, 0.29) is 24.1 Å². The predicted octanol–water partition coefficient (Wildman–Crippen LogP) is 6.72. The molecule has 1 amide bonds. The molecule has 1 fully saturated rings. The van der Waals surface area contributed by atoms with Gasteiger partial charge in [0.25, 0.3) is 0 Å². The number of nitrogens with one attached hydrogen (secondary N) is 2. The molecule has 33 heavy (non-hydrogen) atoms. The highest BCUT2D eigenvalue weighted by Gasteiger charge is 2.31. The smallest absolute Gasteiger partial charge is 0.238 e. The van der Waals surface area contributed by atoms with Gasteiger partial charge in [-0.25, -0.2) is 0 Å². The van der Waals surface area contributed by atoms with Gasteiger partial charge >= 0.3 is 0 Å². The van der Waals surface area contributed by atoms with E-state index >= 15 is 0 Å². The van der Waals surface area contributed by atoms with Crippen LogP contribution >= 0.6 is 11.8 Å². The zero-order chi connectivity index (χ0) is 23.1. The first-order valence-electron chi connectivity index (χ1n) is 13.3. The zero-order valence-corrected chi connectivity index (χ0v) is 21.4. The first-order chi connectivity index (χ1) is 16.3. The van der Waals surface area contributed by atoms with Gasteiger partial charge in [0.1, 0.15) is 0 Å². The molecule has 0 saturated carbocycles. The van der Waals surface area contributed by atoms with E-state index in [1.807, 2.05) is 18.2 Å². The molecule has 2 heterocycles. The lowest BCUT2D eigenvalue weighted by molar-refractivity contribution is -0.122. The fraction of sp³-hybridized carbons (Fsp3) is 0.741. The fourth-order valence-corrected chi connectivity index (χ4v) is 5.78. The molecule has 0 radical (unpaired) electrons. The summed E-state index contributed by atoms with van der Waals surface area (Å²) in [5.41, 5.74) is 1.13. The van der Waals surface area contributed by atoms with Crippen LogP contribution in [0.3, 0.4) is 0 Å². The number of carbonyl (C=O) groups excluding carboxylic acids is 1. The molecule has 0 aliphatic carbocycles. The molecule has 1 aromatic carbocycles. The van der Waals surface area contributed by atoms with Crippen LogP contribution in [-0.2, 0) is 4.79 Å².